The van der Waals surface area contributed by atoms with E-state index in [4.69, 9.17) is 14.2 Å². The van der Waals surface area contributed by atoms with Crippen molar-refractivity contribution in [3.8, 4) is 0 Å². The molecule has 0 aromatic heterocycles. The maximum atomic E-state index is 12.8. The van der Waals surface area contributed by atoms with Gasteiger partial charge in [-0.2, -0.15) is 0 Å². The van der Waals surface area contributed by atoms with E-state index in [-0.39, 0.29) is 31.1 Å². The lowest BCUT2D eigenvalue weighted by molar-refractivity contribution is -0.167. The maximum absolute atomic E-state index is 12.8. The average molecular weight is 1000 g/mol. The molecule has 0 aromatic rings. The zero-order chi connectivity index (χ0) is 52.2. The number of hydrogen-bond acceptors (Lipinski definition) is 6. The Hall–Kier alpha value is -3.67. The van der Waals surface area contributed by atoms with Crippen molar-refractivity contribution < 1.29 is 28.6 Å². The SMILES string of the molecule is CC/C=C\C/C=C\C/C=C\C/C=C\C/C=C\CCCCCCCC(=O)OC(COC(=O)CCCCCCCCCC)COC(=O)CCCCCCCCCCCC/C=C\C/C=C\C/C=C\CCCCCCC. The van der Waals surface area contributed by atoms with Gasteiger partial charge in [0.2, 0.25) is 0 Å². The second-order valence-corrected chi connectivity index (χ2v) is 19.9. The van der Waals surface area contributed by atoms with Crippen LogP contribution in [0.5, 0.6) is 0 Å². The third-order valence-corrected chi connectivity index (χ3v) is 12.8. The van der Waals surface area contributed by atoms with Gasteiger partial charge in [-0.15, -0.1) is 0 Å². The highest BCUT2D eigenvalue weighted by Gasteiger charge is 2.19. The Balaban J connectivity index is 4.26. The highest BCUT2D eigenvalue weighted by molar-refractivity contribution is 5.71. The van der Waals surface area contributed by atoms with Crippen LogP contribution >= 0.6 is 0 Å². The molecule has 72 heavy (non-hydrogen) atoms. The van der Waals surface area contributed by atoms with Crippen molar-refractivity contribution in [1.29, 1.82) is 0 Å². The van der Waals surface area contributed by atoms with Crippen LogP contribution < -0.4 is 0 Å². The van der Waals surface area contributed by atoms with E-state index in [0.717, 1.165) is 122 Å². The summed E-state index contributed by atoms with van der Waals surface area (Å²) in [5.74, 6) is -0.909. The molecule has 0 aromatic carbocycles. The molecule has 6 nitrogen and oxygen atoms in total. The number of carbonyl (C=O) groups is 3. The van der Waals surface area contributed by atoms with Crippen LogP contribution in [0.3, 0.4) is 0 Å². The Morgan fingerprint density at radius 2 is 0.542 bits per heavy atom. The van der Waals surface area contributed by atoms with Gasteiger partial charge in [0.05, 0.1) is 0 Å². The Morgan fingerprint density at radius 3 is 0.847 bits per heavy atom. The predicted molar refractivity (Wildman–Crippen MR) is 311 cm³/mol. The predicted octanol–water partition coefficient (Wildman–Crippen LogP) is 20.5. The van der Waals surface area contributed by atoms with E-state index in [2.05, 4.69) is 118 Å². The minimum absolute atomic E-state index is 0.0860. The average Bonchev–Trinajstić information content (AvgIpc) is 3.38. The molecule has 6 heteroatoms. The second-order valence-electron chi connectivity index (χ2n) is 19.9. The molecule has 0 spiro atoms. The number of ether oxygens (including phenoxy) is 3. The molecule has 0 saturated carbocycles. The first kappa shape index (κ1) is 68.3. The highest BCUT2D eigenvalue weighted by atomic mass is 16.6. The van der Waals surface area contributed by atoms with Gasteiger partial charge in [0.15, 0.2) is 6.10 Å². The maximum Gasteiger partial charge on any atom is 0.306 e. The largest absolute Gasteiger partial charge is 0.462 e. The fourth-order valence-corrected chi connectivity index (χ4v) is 8.30. The van der Waals surface area contributed by atoms with Crippen LogP contribution in [0.1, 0.15) is 284 Å². The summed E-state index contributed by atoms with van der Waals surface area (Å²) in [4.78, 5) is 38.1. The molecule has 0 amide bonds. The molecule has 0 saturated heterocycles. The summed E-state index contributed by atoms with van der Waals surface area (Å²) in [7, 11) is 0. The van der Waals surface area contributed by atoms with Gasteiger partial charge in [0.1, 0.15) is 13.2 Å². The zero-order valence-corrected chi connectivity index (χ0v) is 47.2. The normalized spacial score (nSPS) is 12.8. The van der Waals surface area contributed by atoms with Crippen LogP contribution in [0.2, 0.25) is 0 Å². The van der Waals surface area contributed by atoms with Crippen molar-refractivity contribution in [3.05, 3.63) is 97.2 Å². The number of carbonyl (C=O) groups excluding carboxylic acids is 3. The lowest BCUT2D eigenvalue weighted by Gasteiger charge is -2.18. The number of rotatable bonds is 54. The van der Waals surface area contributed by atoms with Crippen LogP contribution in [0.25, 0.3) is 0 Å². The number of hydrogen-bond donors (Lipinski definition) is 0. The number of unbranched alkanes of at least 4 members (excludes halogenated alkanes) is 27. The molecule has 0 fully saturated rings. The first-order valence-electron chi connectivity index (χ1n) is 30.2. The first-order valence-corrected chi connectivity index (χ1v) is 30.2. The summed E-state index contributed by atoms with van der Waals surface area (Å²) in [5, 5.41) is 0. The molecule has 0 rings (SSSR count). The molecule has 1 unspecified atom stereocenters. The van der Waals surface area contributed by atoms with Gasteiger partial charge in [-0.3, -0.25) is 14.4 Å². The lowest BCUT2D eigenvalue weighted by atomic mass is 10.1. The van der Waals surface area contributed by atoms with Crippen molar-refractivity contribution in [2.45, 2.75) is 290 Å². The third-order valence-electron chi connectivity index (χ3n) is 12.8. The van der Waals surface area contributed by atoms with Gasteiger partial charge in [-0.25, -0.2) is 0 Å². The summed E-state index contributed by atoms with van der Waals surface area (Å²) in [6.45, 7) is 6.48. The van der Waals surface area contributed by atoms with Crippen LogP contribution in [0.15, 0.2) is 97.2 Å². The minimum atomic E-state index is -0.788. The molecule has 0 N–H and O–H groups in total. The van der Waals surface area contributed by atoms with Crippen molar-refractivity contribution in [2.24, 2.45) is 0 Å². The molecule has 0 radical (unpaired) electrons. The Morgan fingerprint density at radius 1 is 0.292 bits per heavy atom. The fraction of sp³-hybridized carbons (Fsp3) is 0.712. The second kappa shape index (κ2) is 59.9. The monoisotopic (exact) mass is 1000 g/mol. The molecule has 1 atom stereocenters. The molecule has 0 aliphatic rings. The van der Waals surface area contributed by atoms with Crippen LogP contribution in [0.4, 0.5) is 0 Å². The van der Waals surface area contributed by atoms with Gasteiger partial charge >= 0.3 is 17.9 Å². The van der Waals surface area contributed by atoms with Gasteiger partial charge < -0.3 is 14.2 Å². The van der Waals surface area contributed by atoms with E-state index in [1.54, 1.807) is 0 Å². The van der Waals surface area contributed by atoms with Crippen molar-refractivity contribution in [1.82, 2.24) is 0 Å². The molecule has 0 bridgehead atoms. The standard InChI is InChI=1S/C66H112O6/c1-4-7-10-13-16-19-21-23-25-27-29-31-32-33-34-36-37-39-41-43-45-47-50-53-56-59-65(68)71-62-63(61-70-64(67)58-55-52-49-18-15-12-9-6-3)72-66(69)60-57-54-51-48-46-44-42-40-38-35-30-28-26-24-22-20-17-14-11-8-5-2/h8,11,17,20-21,23-24,26-27,29-30,32-33,35,40,42,63H,4-7,9-10,12-16,18-19,22,25,28,31,34,36-39,41,43-62H2,1-3H3/b11-8-,20-17-,23-21-,26-24-,29-27-,33-32-,35-30-,42-40-. The third kappa shape index (κ3) is 57.2. The van der Waals surface area contributed by atoms with E-state index < -0.39 is 6.10 Å². The fourth-order valence-electron chi connectivity index (χ4n) is 8.30. The van der Waals surface area contributed by atoms with Crippen molar-refractivity contribution >= 4 is 17.9 Å². The summed E-state index contributed by atoms with van der Waals surface area (Å²) in [6, 6.07) is 0. The highest BCUT2D eigenvalue weighted by Crippen LogP contribution is 2.15. The molecule has 412 valence electrons. The summed E-state index contributed by atoms with van der Waals surface area (Å²) in [5.41, 5.74) is 0. The summed E-state index contributed by atoms with van der Waals surface area (Å²) >= 11 is 0. The van der Waals surface area contributed by atoms with Crippen LogP contribution in [-0.4, -0.2) is 37.2 Å². The molecular formula is C66H112O6. The van der Waals surface area contributed by atoms with Gasteiger partial charge in [-0.05, 0) is 103 Å². The summed E-state index contributed by atoms with van der Waals surface area (Å²) < 4.78 is 16.8. The van der Waals surface area contributed by atoms with E-state index in [1.807, 2.05) is 0 Å². The van der Waals surface area contributed by atoms with Crippen molar-refractivity contribution in [3.63, 3.8) is 0 Å². The molecular weight excluding hydrogens is 889 g/mol. The quantitative estimate of drug-likeness (QED) is 0.0261. The Kier molecular flexibility index (Phi) is 56.8. The van der Waals surface area contributed by atoms with Gasteiger partial charge in [0, 0.05) is 19.3 Å². The summed E-state index contributed by atoms with van der Waals surface area (Å²) in [6.07, 6.45) is 79.9. The van der Waals surface area contributed by atoms with Gasteiger partial charge in [-0.1, -0.05) is 259 Å². The minimum Gasteiger partial charge on any atom is -0.462 e. The zero-order valence-electron chi connectivity index (χ0n) is 47.2. The molecule has 0 aliphatic carbocycles. The molecule has 0 heterocycles. The first-order chi connectivity index (χ1) is 35.5. The smallest absolute Gasteiger partial charge is 0.306 e. The Bertz CT molecular complexity index is 1430. The van der Waals surface area contributed by atoms with Gasteiger partial charge in [0.25, 0.3) is 0 Å². The van der Waals surface area contributed by atoms with Crippen LogP contribution in [-0.2, 0) is 28.6 Å². The Labute approximate surface area is 445 Å². The van der Waals surface area contributed by atoms with E-state index in [9.17, 15) is 14.4 Å². The number of esters is 3. The van der Waals surface area contributed by atoms with Crippen LogP contribution in [0, 0.1) is 0 Å². The van der Waals surface area contributed by atoms with Crippen molar-refractivity contribution in [2.75, 3.05) is 13.2 Å². The van der Waals surface area contributed by atoms with E-state index in [1.165, 1.54) is 122 Å². The topological polar surface area (TPSA) is 78.9 Å². The number of allylic oxidation sites excluding steroid dienone is 16. The molecule has 0 aliphatic heterocycles. The van der Waals surface area contributed by atoms with E-state index >= 15 is 0 Å². The van der Waals surface area contributed by atoms with E-state index in [0.29, 0.717) is 19.3 Å². The lowest BCUT2D eigenvalue weighted by Crippen LogP contribution is -2.30.